The Labute approximate surface area is 136 Å². The average molecular weight is 323 g/mol. The molecule has 1 amide bonds. The molecule has 6 heteroatoms. The Bertz CT molecular complexity index is 507. The second-order valence-corrected chi connectivity index (χ2v) is 6.91. The van der Waals surface area contributed by atoms with Crippen molar-refractivity contribution in [2.24, 2.45) is 0 Å². The zero-order valence-corrected chi connectivity index (χ0v) is 14.4. The van der Waals surface area contributed by atoms with Crippen molar-refractivity contribution in [3.63, 3.8) is 0 Å². The lowest BCUT2D eigenvalue weighted by Crippen LogP contribution is -2.40. The van der Waals surface area contributed by atoms with Crippen LogP contribution in [0.5, 0.6) is 0 Å². The second-order valence-electron chi connectivity index (χ2n) is 5.85. The predicted molar refractivity (Wildman–Crippen MR) is 90.0 cm³/mol. The fourth-order valence-corrected chi connectivity index (χ4v) is 2.95. The van der Waals surface area contributed by atoms with Crippen molar-refractivity contribution < 1.29 is 9.53 Å². The number of aryl methyl sites for hydroxylation is 1. The molecular weight excluding hydrogens is 298 g/mol. The van der Waals surface area contributed by atoms with Crippen LogP contribution in [-0.4, -0.2) is 67.1 Å². The van der Waals surface area contributed by atoms with E-state index < -0.39 is 0 Å². The van der Waals surface area contributed by atoms with Crippen molar-refractivity contribution in [3.05, 3.63) is 22.2 Å². The van der Waals surface area contributed by atoms with Gasteiger partial charge in [0.25, 0.3) is 0 Å². The molecule has 0 bridgehead atoms. The lowest BCUT2D eigenvalue weighted by molar-refractivity contribution is -0.127. The third-order valence-electron chi connectivity index (χ3n) is 3.61. The topological polar surface area (TPSA) is 45.7 Å². The SMILES string of the molecule is Cc1nc(/C=C\C(=O)N(CCN(C)C)C[C@H]2CCCO2)cs1. The molecule has 0 aromatic carbocycles. The first-order chi connectivity index (χ1) is 10.5. The quantitative estimate of drug-likeness (QED) is 0.720. The molecule has 0 aliphatic carbocycles. The van der Waals surface area contributed by atoms with E-state index in [9.17, 15) is 4.79 Å². The summed E-state index contributed by atoms with van der Waals surface area (Å²) in [6, 6.07) is 0. The van der Waals surface area contributed by atoms with Gasteiger partial charge in [-0.15, -0.1) is 11.3 Å². The molecular formula is C16H25N3O2S. The van der Waals surface area contributed by atoms with Crippen molar-refractivity contribution in [1.29, 1.82) is 0 Å². The molecule has 1 aromatic heterocycles. The van der Waals surface area contributed by atoms with Crippen molar-refractivity contribution in [2.45, 2.75) is 25.9 Å². The van der Waals surface area contributed by atoms with E-state index in [4.69, 9.17) is 4.74 Å². The second kappa shape index (κ2) is 8.41. The highest BCUT2D eigenvalue weighted by atomic mass is 32.1. The highest BCUT2D eigenvalue weighted by molar-refractivity contribution is 7.09. The minimum atomic E-state index is 0.0306. The first-order valence-corrected chi connectivity index (χ1v) is 8.58. The Hall–Kier alpha value is -1.24. The van der Waals surface area contributed by atoms with Gasteiger partial charge >= 0.3 is 0 Å². The molecule has 122 valence electrons. The van der Waals surface area contributed by atoms with Crippen molar-refractivity contribution in [3.8, 4) is 0 Å². The fourth-order valence-electron chi connectivity index (χ4n) is 2.37. The highest BCUT2D eigenvalue weighted by Gasteiger charge is 2.21. The van der Waals surface area contributed by atoms with Crippen molar-refractivity contribution in [1.82, 2.24) is 14.8 Å². The smallest absolute Gasteiger partial charge is 0.246 e. The standard InChI is InChI=1S/C16H25N3O2S/c1-13-17-14(12-22-13)6-7-16(20)19(9-8-18(2)3)11-15-5-4-10-21-15/h6-7,12,15H,4-5,8-11H2,1-3H3/b7-6-/t15-/m1/s1. The maximum Gasteiger partial charge on any atom is 0.246 e. The number of thiazole rings is 1. The van der Waals surface area contributed by atoms with Crippen LogP contribution in [0.1, 0.15) is 23.5 Å². The molecule has 1 atom stereocenters. The number of aromatic nitrogens is 1. The van der Waals surface area contributed by atoms with Gasteiger partial charge < -0.3 is 14.5 Å². The summed E-state index contributed by atoms with van der Waals surface area (Å²) < 4.78 is 5.66. The van der Waals surface area contributed by atoms with Gasteiger partial charge in [0.1, 0.15) is 0 Å². The van der Waals surface area contributed by atoms with Crippen LogP contribution in [0.25, 0.3) is 6.08 Å². The van der Waals surface area contributed by atoms with E-state index in [1.165, 1.54) is 0 Å². The van der Waals surface area contributed by atoms with E-state index in [2.05, 4.69) is 9.88 Å². The number of nitrogens with zero attached hydrogens (tertiary/aromatic N) is 3. The first-order valence-electron chi connectivity index (χ1n) is 7.70. The summed E-state index contributed by atoms with van der Waals surface area (Å²) in [4.78, 5) is 20.8. The zero-order valence-electron chi connectivity index (χ0n) is 13.6. The van der Waals surface area contributed by atoms with Crippen LogP contribution >= 0.6 is 11.3 Å². The fraction of sp³-hybridized carbons (Fsp3) is 0.625. The Balaban J connectivity index is 1.95. The Morgan fingerprint density at radius 3 is 2.91 bits per heavy atom. The number of likely N-dealkylation sites (N-methyl/N-ethyl adjacent to an activating group) is 1. The Morgan fingerprint density at radius 1 is 1.50 bits per heavy atom. The molecule has 5 nitrogen and oxygen atoms in total. The summed E-state index contributed by atoms with van der Waals surface area (Å²) in [5.41, 5.74) is 0.848. The van der Waals surface area contributed by atoms with Crippen LogP contribution in [0.15, 0.2) is 11.5 Å². The highest BCUT2D eigenvalue weighted by Crippen LogP contribution is 2.14. The van der Waals surface area contributed by atoms with Crippen LogP contribution in [0.3, 0.4) is 0 Å². The molecule has 1 saturated heterocycles. The summed E-state index contributed by atoms with van der Waals surface area (Å²) in [5.74, 6) is 0.0306. The normalized spacial score (nSPS) is 18.5. The molecule has 1 aliphatic rings. The molecule has 2 rings (SSSR count). The molecule has 1 fully saturated rings. The molecule has 0 unspecified atom stereocenters. The van der Waals surface area contributed by atoms with E-state index in [1.807, 2.05) is 31.3 Å². The number of ether oxygens (including phenoxy) is 1. The van der Waals surface area contributed by atoms with Crippen LogP contribution < -0.4 is 0 Å². The Morgan fingerprint density at radius 2 is 2.32 bits per heavy atom. The van der Waals surface area contributed by atoms with Crippen LogP contribution in [0.2, 0.25) is 0 Å². The lowest BCUT2D eigenvalue weighted by Gasteiger charge is -2.25. The van der Waals surface area contributed by atoms with Gasteiger partial charge in [0.15, 0.2) is 0 Å². The molecule has 0 saturated carbocycles. The summed E-state index contributed by atoms with van der Waals surface area (Å²) in [6.45, 7) is 5.01. The zero-order chi connectivity index (χ0) is 15.9. The van der Waals surface area contributed by atoms with Gasteiger partial charge in [0, 0.05) is 37.7 Å². The van der Waals surface area contributed by atoms with Crippen LogP contribution in [-0.2, 0) is 9.53 Å². The summed E-state index contributed by atoms with van der Waals surface area (Å²) in [5, 5.41) is 2.97. The molecule has 1 aliphatic heterocycles. The van der Waals surface area contributed by atoms with E-state index >= 15 is 0 Å². The number of amides is 1. The van der Waals surface area contributed by atoms with Gasteiger partial charge in [0.2, 0.25) is 5.91 Å². The monoisotopic (exact) mass is 323 g/mol. The van der Waals surface area contributed by atoms with E-state index in [0.29, 0.717) is 13.1 Å². The largest absolute Gasteiger partial charge is 0.376 e. The van der Waals surface area contributed by atoms with E-state index in [1.54, 1.807) is 23.5 Å². The van der Waals surface area contributed by atoms with Gasteiger partial charge in [-0.25, -0.2) is 4.98 Å². The molecule has 0 N–H and O–H groups in total. The number of rotatable bonds is 7. The number of hydrogen-bond donors (Lipinski definition) is 0. The van der Waals surface area contributed by atoms with Crippen molar-refractivity contribution in [2.75, 3.05) is 40.3 Å². The maximum absolute atomic E-state index is 12.5. The minimum Gasteiger partial charge on any atom is -0.376 e. The third kappa shape index (κ3) is 5.51. The van der Waals surface area contributed by atoms with E-state index in [0.717, 1.165) is 36.7 Å². The minimum absolute atomic E-state index is 0.0306. The lowest BCUT2D eigenvalue weighted by atomic mass is 10.2. The van der Waals surface area contributed by atoms with Gasteiger partial charge in [-0.1, -0.05) is 0 Å². The molecule has 1 aromatic rings. The average Bonchev–Trinajstić information content (AvgIpc) is 3.12. The maximum atomic E-state index is 12.5. The van der Waals surface area contributed by atoms with Crippen LogP contribution in [0, 0.1) is 6.92 Å². The summed E-state index contributed by atoms with van der Waals surface area (Å²) in [6.07, 6.45) is 5.74. The molecule has 0 radical (unpaired) electrons. The first kappa shape index (κ1) is 17.1. The Kier molecular flexibility index (Phi) is 6.54. The van der Waals surface area contributed by atoms with Gasteiger partial charge in [0.05, 0.1) is 16.8 Å². The summed E-state index contributed by atoms with van der Waals surface area (Å²) >= 11 is 1.59. The third-order valence-corrected chi connectivity index (χ3v) is 4.40. The number of carbonyl (C=O) groups excluding carboxylic acids is 1. The predicted octanol–water partition coefficient (Wildman–Crippen LogP) is 2.03. The number of hydrogen-bond acceptors (Lipinski definition) is 5. The molecule has 0 spiro atoms. The van der Waals surface area contributed by atoms with Gasteiger partial charge in [-0.05, 0) is 39.9 Å². The van der Waals surface area contributed by atoms with Crippen molar-refractivity contribution >= 4 is 23.3 Å². The van der Waals surface area contributed by atoms with Gasteiger partial charge in [-0.2, -0.15) is 0 Å². The molecule has 2 heterocycles. The summed E-state index contributed by atoms with van der Waals surface area (Å²) in [7, 11) is 4.03. The number of carbonyl (C=O) groups is 1. The van der Waals surface area contributed by atoms with E-state index in [-0.39, 0.29) is 12.0 Å². The molecule has 22 heavy (non-hydrogen) atoms. The van der Waals surface area contributed by atoms with Gasteiger partial charge in [-0.3, -0.25) is 4.79 Å². The van der Waals surface area contributed by atoms with Crippen LogP contribution in [0.4, 0.5) is 0 Å².